The number of benzene rings is 2. The average Bonchev–Trinajstić information content (AvgIpc) is 3.10. The van der Waals surface area contributed by atoms with Gasteiger partial charge >= 0.3 is 35.5 Å². The Bertz CT molecular complexity index is 1800. The molecule has 0 spiro atoms. The Labute approximate surface area is 305 Å². The Kier molecular flexibility index (Phi) is 14.8. The molecule has 5 atom stereocenters. The van der Waals surface area contributed by atoms with E-state index in [0.717, 1.165) is 59.8 Å². The second kappa shape index (κ2) is 19.4. The molecule has 286 valence electrons. The molecule has 0 aliphatic carbocycles. The van der Waals surface area contributed by atoms with Gasteiger partial charge in [-0.1, -0.05) is 57.2 Å². The maximum absolute atomic E-state index is 13.6. The van der Waals surface area contributed by atoms with Gasteiger partial charge in [0.1, 0.15) is 24.0 Å². The lowest BCUT2D eigenvalue weighted by atomic mass is 9.98. The van der Waals surface area contributed by atoms with Crippen LogP contribution in [0.2, 0.25) is 0 Å². The number of unbranched alkanes of at least 4 members (excludes halogenated alkanes) is 5. The van der Waals surface area contributed by atoms with Gasteiger partial charge in [-0.15, -0.1) is 0 Å². The van der Waals surface area contributed by atoms with Crippen LogP contribution in [0, 0.1) is 0 Å². The van der Waals surface area contributed by atoms with Gasteiger partial charge in [0, 0.05) is 33.8 Å². The van der Waals surface area contributed by atoms with Gasteiger partial charge in [-0.05, 0) is 30.7 Å². The van der Waals surface area contributed by atoms with Crippen LogP contribution in [0.1, 0.15) is 83.5 Å². The summed E-state index contributed by atoms with van der Waals surface area (Å²) < 4.78 is 51.0. The lowest BCUT2D eigenvalue weighted by Crippen LogP contribution is -2.63. The number of esters is 5. The fourth-order valence-corrected chi connectivity index (χ4v) is 5.63. The molecule has 1 fully saturated rings. The van der Waals surface area contributed by atoms with E-state index in [4.69, 9.17) is 42.3 Å². The number of fused-ring (bicyclic) bond motifs is 1. The molecule has 0 radical (unpaired) electrons. The van der Waals surface area contributed by atoms with Gasteiger partial charge in [-0.3, -0.25) is 19.2 Å². The predicted octanol–water partition coefficient (Wildman–Crippen LogP) is 5.21. The zero-order valence-corrected chi connectivity index (χ0v) is 30.3. The highest BCUT2D eigenvalue weighted by Gasteiger charge is 2.53. The highest BCUT2D eigenvalue weighted by atomic mass is 16.7. The zero-order valence-electron chi connectivity index (χ0n) is 30.3. The molecule has 1 aromatic heterocycles. The summed E-state index contributed by atoms with van der Waals surface area (Å²) in [6.45, 7) is 6.42. The van der Waals surface area contributed by atoms with Crippen molar-refractivity contribution in [1.29, 1.82) is 0 Å². The smallest absolute Gasteiger partial charge is 0.383 e. The lowest BCUT2D eigenvalue weighted by Gasteiger charge is -2.44. The van der Waals surface area contributed by atoms with E-state index < -0.39 is 78.5 Å². The van der Waals surface area contributed by atoms with Crippen LogP contribution >= 0.6 is 0 Å². The summed E-state index contributed by atoms with van der Waals surface area (Å²) in [5.41, 5.74) is -1.03. The number of carbonyl (C=O) groups is 5. The Morgan fingerprint density at radius 3 is 2.02 bits per heavy atom. The maximum atomic E-state index is 13.6. The van der Waals surface area contributed by atoms with Crippen LogP contribution in [0.15, 0.2) is 57.7 Å². The van der Waals surface area contributed by atoms with Crippen molar-refractivity contribution >= 4 is 40.8 Å². The van der Waals surface area contributed by atoms with Crippen LogP contribution in [0.4, 0.5) is 0 Å². The summed E-state index contributed by atoms with van der Waals surface area (Å²) in [5.74, 6) is -4.85. The number of ether oxygens (including phenoxy) is 8. The van der Waals surface area contributed by atoms with Crippen molar-refractivity contribution in [3.8, 4) is 17.2 Å². The Morgan fingerprint density at radius 1 is 0.717 bits per heavy atom. The third kappa shape index (κ3) is 11.5. The second-order valence-corrected chi connectivity index (χ2v) is 12.3. The number of rotatable bonds is 17. The van der Waals surface area contributed by atoms with Crippen LogP contribution in [0.3, 0.4) is 0 Å². The van der Waals surface area contributed by atoms with E-state index in [1.165, 1.54) is 30.7 Å². The maximum Gasteiger partial charge on any atom is 0.383 e. The minimum Gasteiger partial charge on any atom is -0.493 e. The van der Waals surface area contributed by atoms with Gasteiger partial charge < -0.3 is 42.3 Å². The van der Waals surface area contributed by atoms with Crippen LogP contribution < -0.4 is 19.8 Å². The Hall–Kier alpha value is -5.44. The summed E-state index contributed by atoms with van der Waals surface area (Å²) in [6, 6.07) is 12.4. The van der Waals surface area contributed by atoms with Crippen molar-refractivity contribution in [2.24, 2.45) is 0 Å². The molecule has 3 aromatic rings. The van der Waals surface area contributed by atoms with E-state index in [0.29, 0.717) is 12.4 Å². The minimum absolute atomic E-state index is 0.0180. The van der Waals surface area contributed by atoms with Crippen molar-refractivity contribution in [2.45, 2.75) is 104 Å². The summed E-state index contributed by atoms with van der Waals surface area (Å²) in [6.07, 6.45) is -1.40. The molecule has 1 saturated heterocycles. The second-order valence-electron chi connectivity index (χ2n) is 12.3. The molecule has 0 saturated carbocycles. The van der Waals surface area contributed by atoms with E-state index >= 15 is 0 Å². The number of carbonyl (C=O) groups excluding carboxylic acids is 5. The monoisotopic (exact) mass is 740 g/mol. The first kappa shape index (κ1) is 40.3. The normalized spacial score (nSPS) is 19.5. The first-order valence-electron chi connectivity index (χ1n) is 17.4. The highest BCUT2D eigenvalue weighted by Crippen LogP contribution is 2.39. The van der Waals surface area contributed by atoms with Crippen molar-refractivity contribution in [3.05, 3.63) is 64.5 Å². The van der Waals surface area contributed by atoms with Crippen molar-refractivity contribution in [1.82, 2.24) is 0 Å². The van der Waals surface area contributed by atoms with Crippen LogP contribution in [0.5, 0.6) is 17.2 Å². The van der Waals surface area contributed by atoms with Gasteiger partial charge in [0.25, 0.3) is 5.75 Å². The zero-order chi connectivity index (χ0) is 38.5. The SMILES string of the molecule is CCCCCCCCOc1ccc2c(O[C@H]3O[C@H](COC(C)=O)[C@@H](OC(C)=O)[C@H](OC(C)=O)[C@@H]3OC(C)=O)c(OC(=O)c3ccccc3)c(=O)oc2c1. The third-order valence-corrected chi connectivity index (χ3v) is 7.95. The molecule has 0 bridgehead atoms. The van der Waals surface area contributed by atoms with Gasteiger partial charge in [0.2, 0.25) is 12.4 Å². The molecule has 0 amide bonds. The topological polar surface area (TPSA) is 189 Å². The molecule has 2 aromatic carbocycles. The largest absolute Gasteiger partial charge is 0.493 e. The highest BCUT2D eigenvalue weighted by molar-refractivity contribution is 5.93. The van der Waals surface area contributed by atoms with Crippen molar-refractivity contribution in [2.75, 3.05) is 13.2 Å². The van der Waals surface area contributed by atoms with Crippen LogP contribution in [-0.4, -0.2) is 73.8 Å². The molecule has 2 heterocycles. The summed E-state index contributed by atoms with van der Waals surface area (Å²) >= 11 is 0. The molecule has 1 aliphatic rings. The fourth-order valence-electron chi connectivity index (χ4n) is 5.63. The molecular formula is C38H44O15. The Balaban J connectivity index is 1.79. The van der Waals surface area contributed by atoms with Crippen molar-refractivity contribution < 1.29 is 66.3 Å². The predicted molar refractivity (Wildman–Crippen MR) is 185 cm³/mol. The molecule has 15 heteroatoms. The van der Waals surface area contributed by atoms with Gasteiger partial charge in [0.15, 0.2) is 18.0 Å². The van der Waals surface area contributed by atoms with Crippen LogP contribution in [0.25, 0.3) is 11.0 Å². The van der Waals surface area contributed by atoms with Crippen molar-refractivity contribution in [3.63, 3.8) is 0 Å². The Morgan fingerprint density at radius 2 is 1.36 bits per heavy atom. The molecular weight excluding hydrogens is 696 g/mol. The first-order valence-corrected chi connectivity index (χ1v) is 17.4. The number of hydrogen-bond donors (Lipinski definition) is 0. The van der Waals surface area contributed by atoms with E-state index in [1.54, 1.807) is 24.3 Å². The van der Waals surface area contributed by atoms with Gasteiger partial charge in [-0.25, -0.2) is 9.59 Å². The van der Waals surface area contributed by atoms with Crippen LogP contribution in [-0.2, 0) is 42.9 Å². The molecule has 0 N–H and O–H groups in total. The molecule has 15 nitrogen and oxygen atoms in total. The van der Waals surface area contributed by atoms with E-state index in [1.807, 2.05) is 0 Å². The average molecular weight is 741 g/mol. The van der Waals surface area contributed by atoms with Gasteiger partial charge in [-0.2, -0.15) is 0 Å². The summed E-state index contributed by atoms with van der Waals surface area (Å²) in [7, 11) is 0. The molecule has 0 unspecified atom stereocenters. The number of hydrogen-bond acceptors (Lipinski definition) is 15. The molecule has 4 rings (SSSR count). The minimum atomic E-state index is -1.75. The van der Waals surface area contributed by atoms with Gasteiger partial charge in [0.05, 0.1) is 17.6 Å². The third-order valence-electron chi connectivity index (χ3n) is 7.95. The first-order chi connectivity index (χ1) is 25.4. The fraction of sp³-hybridized carbons (Fsp3) is 0.474. The standard InChI is InChI=1S/C38H44O15/c1-6-7-8-9-10-14-19-45-27-17-18-28-29(20-27)50-37(44)34(52-36(43)26-15-12-11-13-16-26)31(28)53-38-35(49-25(5)42)33(48-24(4)41)32(47-23(3)40)30(51-38)21-46-22(2)39/h11-13,15-18,20,30,32-33,35,38H,6-10,14,19,21H2,1-5H3/t30-,32-,33+,35+,38-/m1/s1. The van der Waals surface area contributed by atoms with E-state index in [-0.39, 0.29) is 22.3 Å². The van der Waals surface area contributed by atoms with E-state index in [2.05, 4.69) is 6.92 Å². The quantitative estimate of drug-likeness (QED) is 0.0758. The lowest BCUT2D eigenvalue weighted by molar-refractivity contribution is -0.288. The molecule has 53 heavy (non-hydrogen) atoms. The van der Waals surface area contributed by atoms with E-state index in [9.17, 15) is 28.8 Å². The summed E-state index contributed by atoms with van der Waals surface area (Å²) in [4.78, 5) is 75.5. The molecule has 1 aliphatic heterocycles. The summed E-state index contributed by atoms with van der Waals surface area (Å²) in [5, 5.41) is 0.111.